The highest BCUT2D eigenvalue weighted by Gasteiger charge is 2.34. The summed E-state index contributed by atoms with van der Waals surface area (Å²) < 4.78 is 7.32. The molecule has 0 radical (unpaired) electrons. The number of terminal acetylenes is 1. The molecule has 0 atom stereocenters. The molecule has 0 spiro atoms. The molecule has 0 bridgehead atoms. The number of hydrogen-bond acceptors (Lipinski definition) is 22. The second-order valence-corrected chi connectivity index (χ2v) is 36.4. The zero-order valence-corrected chi connectivity index (χ0v) is 77.4. The van der Waals surface area contributed by atoms with Gasteiger partial charge >= 0.3 is 0 Å². The number of amides is 4. The molecule has 132 heavy (non-hydrogen) atoms. The van der Waals surface area contributed by atoms with Crippen LogP contribution in [0.15, 0.2) is 201 Å². The van der Waals surface area contributed by atoms with Crippen molar-refractivity contribution in [1.29, 1.82) is 0 Å². The standard InChI is InChI=1S/2C28H33N7O.C26H30N6O.C20H22N6O/c1-19-7-9-20(10-8-19)24-23-25(29)31-18-32-26(23)35(33-24)28(2,3)17-30-27(36)21-11-13-22(14-12-21)34-15-5-4-6-16-34;1-19-10-12-20(13-11-19)24-23-25(29)31-18-32-26(23)35(33-24)28(2,3)17-30-27(36)21-8-7-9-22(16-21)34-14-5-4-6-15-34;1-18-12-14-20(15-13-18)23-22-24(27)29-17-30-25(22)32(31-23)26(2,3)16-28-21(33)11-7-10-19-8-5-4-6-9-19;1-5-6-15(27)22-11-20(3,4)26-19-16(18(21)23-12-24-19)17(25-26)14-9-7-13(2)8-10-14/h7-14,18H,4-6,15-17H2,1-3H3,(H,30,36)(H2,29,31,32);7-13,16,18H,4-6,14-15,17H2,1-3H3,(H,30,36)(H2,29,31,32);4-6,8-9,12-15,17H,7,10-11,16H2,1-3H3,(H,28,33)(H2,27,29,30);1,7-10,12H,6,11H2,2-4H3,(H,22,27)(H2,21,23,24). The van der Waals surface area contributed by atoms with Crippen LogP contribution in [0.2, 0.25) is 0 Å². The van der Waals surface area contributed by atoms with Crippen LogP contribution >= 0.6 is 0 Å². The Kier molecular flexibility index (Phi) is 28.8. The van der Waals surface area contributed by atoms with Gasteiger partial charge in [0.2, 0.25) is 11.8 Å². The van der Waals surface area contributed by atoms with Crippen LogP contribution < -0.4 is 54.0 Å². The lowest BCUT2D eigenvalue weighted by molar-refractivity contribution is -0.122. The molecule has 30 heteroatoms. The molecule has 8 aromatic heterocycles. The first-order valence-electron chi connectivity index (χ1n) is 44.9. The Labute approximate surface area is 769 Å². The number of carbonyl (C=O) groups excluding carboxylic acids is 4. The van der Waals surface area contributed by atoms with Gasteiger partial charge in [0.15, 0.2) is 22.6 Å². The summed E-state index contributed by atoms with van der Waals surface area (Å²) >= 11 is 0. The topological polar surface area (TPSA) is 401 Å². The van der Waals surface area contributed by atoms with E-state index in [2.05, 4.69) is 95.1 Å². The van der Waals surface area contributed by atoms with E-state index in [1.165, 1.54) is 91.8 Å². The second-order valence-electron chi connectivity index (χ2n) is 36.4. The van der Waals surface area contributed by atoms with Crippen molar-refractivity contribution in [3.63, 3.8) is 0 Å². The molecule has 0 saturated carbocycles. The fourth-order valence-electron chi connectivity index (χ4n) is 16.3. The van der Waals surface area contributed by atoms with Crippen LogP contribution in [0.1, 0.15) is 162 Å². The molecule has 680 valence electrons. The minimum atomic E-state index is -0.567. The second kappa shape index (κ2) is 40.7. The third-order valence-corrected chi connectivity index (χ3v) is 24.0. The van der Waals surface area contributed by atoms with E-state index >= 15 is 0 Å². The van der Waals surface area contributed by atoms with Crippen LogP contribution in [0.3, 0.4) is 0 Å². The summed E-state index contributed by atoms with van der Waals surface area (Å²) in [5.41, 5.74) is 41.5. The molecule has 17 rings (SSSR count). The Morgan fingerprint density at radius 3 is 1.04 bits per heavy atom. The summed E-state index contributed by atoms with van der Waals surface area (Å²) in [5, 5.41) is 34.5. The number of fused-ring (bicyclic) bond motifs is 4. The molecule has 12 N–H and O–H groups in total. The first-order chi connectivity index (χ1) is 63.3. The predicted octanol–water partition coefficient (Wildman–Crippen LogP) is 15.6. The number of nitrogens with one attached hydrogen (secondary N) is 4. The molecule has 30 nitrogen and oxygen atoms in total. The van der Waals surface area contributed by atoms with E-state index in [-0.39, 0.29) is 30.0 Å². The molecular weight excluding hydrogens is 1650 g/mol. The maximum absolute atomic E-state index is 13.1. The lowest BCUT2D eigenvalue weighted by Gasteiger charge is -2.29. The molecular formula is C102H118N26O4. The maximum atomic E-state index is 13.1. The Balaban J connectivity index is 0.000000142. The molecule has 2 saturated heterocycles. The van der Waals surface area contributed by atoms with E-state index in [0.29, 0.717) is 106 Å². The fraction of sp³-hybridized carbons (Fsp3) is 0.333. The molecule has 7 aromatic carbocycles. The summed E-state index contributed by atoms with van der Waals surface area (Å²) in [4.78, 5) is 89.7. The van der Waals surface area contributed by atoms with Crippen molar-refractivity contribution in [2.45, 2.75) is 169 Å². The van der Waals surface area contributed by atoms with Gasteiger partial charge < -0.3 is 54.0 Å². The van der Waals surface area contributed by atoms with Crippen LogP contribution in [0.25, 0.3) is 89.2 Å². The smallest absolute Gasteiger partial charge is 0.251 e. The van der Waals surface area contributed by atoms with Crippen LogP contribution in [0.5, 0.6) is 0 Å². The van der Waals surface area contributed by atoms with Crippen molar-refractivity contribution in [3.8, 4) is 57.4 Å². The number of piperidine rings is 2. The van der Waals surface area contributed by atoms with Crippen molar-refractivity contribution in [3.05, 3.63) is 240 Å². The van der Waals surface area contributed by atoms with Gasteiger partial charge in [0.05, 0.1) is 50.1 Å². The number of carbonyl (C=O) groups is 4. The Hall–Kier alpha value is -15.0. The SMILES string of the molecule is C#CCC(=O)NCC(C)(C)n1nc(-c2ccc(C)cc2)c2c(N)ncnc21.Cc1ccc(-c2nn(C(C)(C)CNC(=O)CCCc3ccccc3)c3ncnc(N)c23)cc1.Cc1ccc(-c2nn(C(C)(C)CNC(=O)c3ccc(N4CCCCC4)cc3)c3ncnc(N)c23)cc1.Cc1ccc(-c2nn(C(C)(C)CNC(=O)c3cccc(N4CCCCC4)c3)c3ncnc(N)c23)cc1. The van der Waals surface area contributed by atoms with Crippen LogP contribution in [0, 0.1) is 40.0 Å². The zero-order valence-electron chi connectivity index (χ0n) is 77.4. The number of rotatable bonds is 25. The molecule has 2 aliphatic heterocycles. The van der Waals surface area contributed by atoms with Gasteiger partial charge in [-0.3, -0.25) is 19.2 Å². The van der Waals surface area contributed by atoms with E-state index in [9.17, 15) is 19.2 Å². The normalized spacial score (nSPS) is 13.0. The first kappa shape index (κ1) is 93.1. The highest BCUT2D eigenvalue weighted by atomic mass is 16.2. The minimum absolute atomic E-state index is 0.0309. The van der Waals surface area contributed by atoms with Crippen molar-refractivity contribution < 1.29 is 19.2 Å². The summed E-state index contributed by atoms with van der Waals surface area (Å²) in [5.74, 6) is 3.48. The van der Waals surface area contributed by atoms with Crippen LogP contribution in [-0.2, 0) is 38.2 Å². The number of anilines is 6. The average Bonchev–Trinajstić information content (AvgIpc) is 1.62. The molecule has 2 aliphatic rings. The van der Waals surface area contributed by atoms with E-state index in [4.69, 9.17) is 49.8 Å². The zero-order chi connectivity index (χ0) is 93.6. The molecule has 10 heterocycles. The molecule has 0 aliphatic carbocycles. The van der Waals surface area contributed by atoms with E-state index < -0.39 is 22.2 Å². The number of aromatic nitrogens is 16. The summed E-state index contributed by atoms with van der Waals surface area (Å²) in [6.07, 6.45) is 20.6. The van der Waals surface area contributed by atoms with Crippen molar-refractivity contribution >= 4 is 102 Å². The first-order valence-corrected chi connectivity index (χ1v) is 44.9. The van der Waals surface area contributed by atoms with Gasteiger partial charge in [0.1, 0.15) is 71.4 Å². The van der Waals surface area contributed by atoms with Gasteiger partial charge in [-0.25, -0.2) is 58.6 Å². The molecule has 0 unspecified atom stereocenters. The maximum Gasteiger partial charge on any atom is 0.251 e. The fourth-order valence-corrected chi connectivity index (χ4v) is 16.3. The highest BCUT2D eigenvalue weighted by Crippen LogP contribution is 2.39. The number of nitrogen functional groups attached to an aromatic ring is 4. The molecule has 15 aromatic rings. The van der Waals surface area contributed by atoms with E-state index in [1.807, 2.05) is 255 Å². The number of nitrogens with zero attached hydrogens (tertiary/aromatic N) is 18. The summed E-state index contributed by atoms with van der Waals surface area (Å²) in [6, 6.07) is 58.4. The van der Waals surface area contributed by atoms with Crippen molar-refractivity contribution in [1.82, 2.24) is 100 Å². The molecule has 4 amide bonds. The number of benzene rings is 7. The van der Waals surface area contributed by atoms with Gasteiger partial charge in [0, 0.05) is 104 Å². The Bertz CT molecular complexity index is 6620. The highest BCUT2D eigenvalue weighted by molar-refractivity contribution is 6.02. The van der Waals surface area contributed by atoms with Crippen LogP contribution in [0.4, 0.5) is 34.6 Å². The van der Waals surface area contributed by atoms with Crippen molar-refractivity contribution in [2.75, 3.05) is 85.1 Å². The Morgan fingerprint density at radius 2 is 0.689 bits per heavy atom. The quantitative estimate of drug-likeness (QED) is 0.0246. The number of aryl methyl sites for hydroxylation is 5. The minimum Gasteiger partial charge on any atom is -0.383 e. The van der Waals surface area contributed by atoms with E-state index in [0.717, 1.165) is 100 Å². The largest absolute Gasteiger partial charge is 0.383 e. The van der Waals surface area contributed by atoms with Gasteiger partial charge in [-0.15, -0.1) is 6.42 Å². The van der Waals surface area contributed by atoms with E-state index in [1.54, 1.807) is 4.68 Å². The summed E-state index contributed by atoms with van der Waals surface area (Å²) in [7, 11) is 0. The monoisotopic (exact) mass is 1770 g/mol. The Morgan fingerprint density at radius 1 is 0.364 bits per heavy atom. The van der Waals surface area contributed by atoms with Crippen molar-refractivity contribution in [2.24, 2.45) is 0 Å². The van der Waals surface area contributed by atoms with Crippen LogP contribution in [-0.4, -0.2) is 155 Å². The number of hydrogen-bond donors (Lipinski definition) is 8. The van der Waals surface area contributed by atoms with Gasteiger partial charge in [-0.1, -0.05) is 162 Å². The predicted molar refractivity (Wildman–Crippen MR) is 525 cm³/mol. The third-order valence-electron chi connectivity index (χ3n) is 24.0. The van der Waals surface area contributed by atoms with Gasteiger partial charge in [-0.05, 0) is 182 Å². The van der Waals surface area contributed by atoms with Gasteiger partial charge in [-0.2, -0.15) is 20.4 Å². The lowest BCUT2D eigenvalue weighted by Crippen LogP contribution is -2.41. The average molecular weight is 1770 g/mol. The lowest BCUT2D eigenvalue weighted by atomic mass is 10.1. The van der Waals surface area contributed by atoms with Gasteiger partial charge in [0.25, 0.3) is 11.8 Å². The summed E-state index contributed by atoms with van der Waals surface area (Å²) in [6.45, 7) is 30.0. The number of nitrogens with two attached hydrogens (primary N) is 4. The molecule has 2 fully saturated rings. The third kappa shape index (κ3) is 21.8.